The molecule has 0 N–H and O–H groups in total. The number of thiazole rings is 1. The molecule has 1 rings (SSSR count). The first kappa shape index (κ1) is 14.1. The molecule has 1 aromatic rings. The molecule has 1 aromatic heterocycles. The molecule has 18 heavy (non-hydrogen) atoms. The fraction of sp³-hybridized carbons (Fsp3) is 0.455. The molecule has 96 valence electrons. The molecule has 0 spiro atoms. The Morgan fingerprint density at radius 3 is 2.44 bits per heavy atom. The van der Waals surface area contributed by atoms with E-state index in [0.29, 0.717) is 5.01 Å². The molecular formula is C11H12N2O4S. The highest BCUT2D eigenvalue weighted by Gasteiger charge is 2.25. The van der Waals surface area contributed by atoms with E-state index in [1.54, 1.807) is 13.8 Å². The Hall–Kier alpha value is -1.94. The lowest BCUT2D eigenvalue weighted by Crippen LogP contribution is -2.12. The quantitative estimate of drug-likeness (QED) is 0.753. The molecule has 0 aliphatic heterocycles. The number of carbonyl (C=O) groups is 2. The first-order valence-electron chi connectivity index (χ1n) is 5.34. The Morgan fingerprint density at radius 2 is 1.89 bits per heavy atom. The standard InChI is InChI=1S/C11H12N2O4S/c1-3-16-10(14)8-9(11(15)17-4-2)18-7(13-8)5-6-12/h3-5H2,1-2H3. The van der Waals surface area contributed by atoms with E-state index in [1.165, 1.54) is 0 Å². The summed E-state index contributed by atoms with van der Waals surface area (Å²) in [6.45, 7) is 3.71. The van der Waals surface area contributed by atoms with Crippen LogP contribution in [0.2, 0.25) is 0 Å². The predicted molar refractivity (Wildman–Crippen MR) is 63.3 cm³/mol. The summed E-state index contributed by atoms with van der Waals surface area (Å²) >= 11 is 0.977. The van der Waals surface area contributed by atoms with Crippen molar-refractivity contribution in [3.05, 3.63) is 15.6 Å². The third-order valence-electron chi connectivity index (χ3n) is 1.83. The van der Waals surface area contributed by atoms with E-state index in [4.69, 9.17) is 14.7 Å². The van der Waals surface area contributed by atoms with Gasteiger partial charge in [-0.05, 0) is 13.8 Å². The molecule has 0 radical (unpaired) electrons. The van der Waals surface area contributed by atoms with Gasteiger partial charge in [-0.3, -0.25) is 0 Å². The van der Waals surface area contributed by atoms with Crippen molar-refractivity contribution in [1.29, 1.82) is 5.26 Å². The van der Waals surface area contributed by atoms with Crippen molar-refractivity contribution in [1.82, 2.24) is 4.98 Å². The molecule has 0 amide bonds. The van der Waals surface area contributed by atoms with Gasteiger partial charge in [-0.25, -0.2) is 14.6 Å². The van der Waals surface area contributed by atoms with Crippen molar-refractivity contribution >= 4 is 23.3 Å². The summed E-state index contributed by atoms with van der Waals surface area (Å²) in [5.74, 6) is -1.30. The van der Waals surface area contributed by atoms with Crippen LogP contribution < -0.4 is 0 Å². The van der Waals surface area contributed by atoms with E-state index < -0.39 is 11.9 Å². The number of rotatable bonds is 5. The second-order valence-electron chi connectivity index (χ2n) is 3.06. The second kappa shape index (κ2) is 6.71. The summed E-state index contributed by atoms with van der Waals surface area (Å²) in [6, 6.07) is 1.91. The smallest absolute Gasteiger partial charge is 0.358 e. The van der Waals surface area contributed by atoms with Gasteiger partial charge in [-0.1, -0.05) is 0 Å². The summed E-state index contributed by atoms with van der Waals surface area (Å²) < 4.78 is 9.63. The maximum Gasteiger partial charge on any atom is 0.358 e. The van der Waals surface area contributed by atoms with Crippen molar-refractivity contribution in [2.45, 2.75) is 20.3 Å². The summed E-state index contributed by atoms with van der Waals surface area (Å²) in [5, 5.41) is 8.98. The molecule has 0 unspecified atom stereocenters. The maximum atomic E-state index is 11.6. The minimum Gasteiger partial charge on any atom is -0.462 e. The van der Waals surface area contributed by atoms with Crippen LogP contribution in [0.5, 0.6) is 0 Å². The first-order valence-corrected chi connectivity index (χ1v) is 6.16. The summed E-state index contributed by atoms with van der Waals surface area (Å²) in [4.78, 5) is 27.3. The van der Waals surface area contributed by atoms with Gasteiger partial charge in [0, 0.05) is 0 Å². The fourth-order valence-corrected chi connectivity index (χ4v) is 2.06. The molecule has 0 saturated heterocycles. The third kappa shape index (κ3) is 3.28. The Balaban J connectivity index is 3.09. The molecular weight excluding hydrogens is 256 g/mol. The van der Waals surface area contributed by atoms with Gasteiger partial charge in [0.25, 0.3) is 0 Å². The Kier molecular flexibility index (Phi) is 5.27. The Morgan fingerprint density at radius 1 is 1.28 bits per heavy atom. The Labute approximate surface area is 108 Å². The largest absolute Gasteiger partial charge is 0.462 e. The zero-order valence-electron chi connectivity index (χ0n) is 10.1. The van der Waals surface area contributed by atoms with Gasteiger partial charge in [-0.2, -0.15) is 5.26 Å². The number of ether oxygens (including phenoxy) is 2. The molecule has 0 fully saturated rings. The van der Waals surface area contributed by atoms with Gasteiger partial charge in [0.05, 0.1) is 25.7 Å². The average Bonchev–Trinajstić information content (AvgIpc) is 2.74. The summed E-state index contributed by atoms with van der Waals surface area (Å²) in [7, 11) is 0. The van der Waals surface area contributed by atoms with Crippen molar-refractivity contribution in [2.75, 3.05) is 13.2 Å². The normalized spacial score (nSPS) is 9.61. The molecule has 6 nitrogen and oxygen atoms in total. The molecule has 0 atom stereocenters. The summed E-state index contributed by atoms with van der Waals surface area (Å²) in [6.07, 6.45) is 0.0382. The van der Waals surface area contributed by atoms with Gasteiger partial charge >= 0.3 is 11.9 Å². The number of esters is 2. The van der Waals surface area contributed by atoms with Crippen LogP contribution in [0.25, 0.3) is 0 Å². The SMILES string of the molecule is CCOC(=O)c1nc(CC#N)sc1C(=O)OCC. The van der Waals surface area contributed by atoms with Crippen LogP contribution in [0.4, 0.5) is 0 Å². The highest BCUT2D eigenvalue weighted by molar-refractivity contribution is 7.14. The van der Waals surface area contributed by atoms with Crippen LogP contribution >= 0.6 is 11.3 Å². The number of nitriles is 1. The van der Waals surface area contributed by atoms with Gasteiger partial charge < -0.3 is 9.47 Å². The van der Waals surface area contributed by atoms with E-state index in [2.05, 4.69) is 4.98 Å². The average molecular weight is 268 g/mol. The number of carbonyl (C=O) groups excluding carboxylic acids is 2. The van der Waals surface area contributed by atoms with Gasteiger partial charge in [-0.15, -0.1) is 11.3 Å². The van der Waals surface area contributed by atoms with Crippen molar-refractivity contribution < 1.29 is 19.1 Å². The van der Waals surface area contributed by atoms with Gasteiger partial charge in [0.15, 0.2) is 5.69 Å². The molecule has 0 saturated carbocycles. The van der Waals surface area contributed by atoms with Gasteiger partial charge in [0.2, 0.25) is 0 Å². The first-order chi connectivity index (χ1) is 8.63. The van der Waals surface area contributed by atoms with Crippen molar-refractivity contribution in [3.8, 4) is 6.07 Å². The van der Waals surface area contributed by atoms with E-state index in [0.717, 1.165) is 11.3 Å². The zero-order chi connectivity index (χ0) is 13.5. The second-order valence-corrected chi connectivity index (χ2v) is 4.14. The molecule has 0 bridgehead atoms. The van der Waals surface area contributed by atoms with E-state index in [-0.39, 0.29) is 30.2 Å². The van der Waals surface area contributed by atoms with Crippen LogP contribution in [0.3, 0.4) is 0 Å². The van der Waals surface area contributed by atoms with E-state index in [9.17, 15) is 9.59 Å². The molecule has 7 heteroatoms. The number of aromatic nitrogens is 1. The number of hydrogen-bond donors (Lipinski definition) is 0. The van der Waals surface area contributed by atoms with Crippen LogP contribution in [-0.2, 0) is 15.9 Å². The fourth-order valence-electron chi connectivity index (χ4n) is 1.18. The van der Waals surface area contributed by atoms with E-state index in [1.807, 2.05) is 6.07 Å². The van der Waals surface area contributed by atoms with Crippen LogP contribution in [0.15, 0.2) is 0 Å². The van der Waals surface area contributed by atoms with Gasteiger partial charge in [0.1, 0.15) is 9.88 Å². The number of hydrogen-bond acceptors (Lipinski definition) is 7. The lowest BCUT2D eigenvalue weighted by Gasteiger charge is -2.01. The minimum atomic E-state index is -0.680. The van der Waals surface area contributed by atoms with E-state index >= 15 is 0 Å². The molecule has 0 aliphatic rings. The van der Waals surface area contributed by atoms with Crippen molar-refractivity contribution in [3.63, 3.8) is 0 Å². The Bertz CT molecular complexity index is 454. The van der Waals surface area contributed by atoms with Crippen LogP contribution in [0, 0.1) is 11.3 Å². The third-order valence-corrected chi connectivity index (χ3v) is 2.87. The predicted octanol–water partition coefficient (Wildman–Crippen LogP) is 1.56. The van der Waals surface area contributed by atoms with Crippen molar-refractivity contribution in [2.24, 2.45) is 0 Å². The summed E-state index contributed by atoms with van der Waals surface area (Å²) in [5.41, 5.74) is -0.0782. The number of nitrogens with zero attached hydrogens (tertiary/aromatic N) is 2. The highest BCUT2D eigenvalue weighted by Crippen LogP contribution is 2.21. The zero-order valence-corrected chi connectivity index (χ0v) is 10.9. The maximum absolute atomic E-state index is 11.6. The lowest BCUT2D eigenvalue weighted by atomic mass is 10.3. The highest BCUT2D eigenvalue weighted by atomic mass is 32.1. The van der Waals surface area contributed by atoms with Crippen LogP contribution in [0.1, 0.15) is 39.0 Å². The lowest BCUT2D eigenvalue weighted by molar-refractivity contribution is 0.0479. The molecule has 1 heterocycles. The van der Waals surface area contributed by atoms with Crippen LogP contribution in [-0.4, -0.2) is 30.1 Å². The minimum absolute atomic E-state index is 0.0382. The molecule has 0 aromatic carbocycles. The monoisotopic (exact) mass is 268 g/mol. The topological polar surface area (TPSA) is 89.3 Å². The molecule has 0 aliphatic carbocycles.